The first-order valence-corrected chi connectivity index (χ1v) is 11.5. The summed E-state index contributed by atoms with van der Waals surface area (Å²) in [5.41, 5.74) is 2.35. The van der Waals surface area contributed by atoms with Crippen molar-refractivity contribution >= 4 is 15.9 Å². The zero-order valence-electron chi connectivity index (χ0n) is 17.6. The first kappa shape index (κ1) is 21.5. The van der Waals surface area contributed by atoms with E-state index in [0.717, 1.165) is 17.8 Å². The zero-order chi connectivity index (χ0) is 21.2. The van der Waals surface area contributed by atoms with Crippen molar-refractivity contribution in [1.82, 2.24) is 29.2 Å². The van der Waals surface area contributed by atoms with Crippen molar-refractivity contribution in [1.29, 1.82) is 0 Å². The van der Waals surface area contributed by atoms with Crippen molar-refractivity contribution in [3.63, 3.8) is 0 Å². The molecule has 2 aromatic rings. The molecule has 3 rings (SSSR count). The molecule has 1 aliphatic heterocycles. The van der Waals surface area contributed by atoms with Gasteiger partial charge < -0.3 is 5.32 Å². The van der Waals surface area contributed by atoms with Gasteiger partial charge in [-0.1, -0.05) is 0 Å². The molecule has 1 amide bonds. The molecule has 0 aromatic carbocycles. The van der Waals surface area contributed by atoms with Gasteiger partial charge in [0.05, 0.1) is 17.3 Å². The average Bonchev–Trinajstić information content (AvgIpc) is 3.28. The fraction of sp³-hybridized carbons (Fsp3) is 0.632. The van der Waals surface area contributed by atoms with Gasteiger partial charge in [0, 0.05) is 50.7 Å². The molecule has 10 heteroatoms. The van der Waals surface area contributed by atoms with Crippen LogP contribution in [0.5, 0.6) is 0 Å². The first-order chi connectivity index (χ1) is 13.8. The van der Waals surface area contributed by atoms with E-state index in [-0.39, 0.29) is 23.3 Å². The van der Waals surface area contributed by atoms with Gasteiger partial charge in [-0.05, 0) is 40.5 Å². The van der Waals surface area contributed by atoms with E-state index in [4.69, 9.17) is 0 Å². The van der Waals surface area contributed by atoms with Gasteiger partial charge >= 0.3 is 0 Å². The van der Waals surface area contributed by atoms with Crippen molar-refractivity contribution < 1.29 is 13.2 Å². The minimum atomic E-state index is -3.67. The molecule has 1 N–H and O–H groups in total. The number of hydrogen-bond donors (Lipinski definition) is 1. The van der Waals surface area contributed by atoms with Gasteiger partial charge in [-0.25, -0.2) is 8.42 Å². The highest BCUT2D eigenvalue weighted by Crippen LogP contribution is 2.25. The van der Waals surface area contributed by atoms with Crippen LogP contribution >= 0.6 is 0 Å². The van der Waals surface area contributed by atoms with Gasteiger partial charge in [0.25, 0.3) is 0 Å². The van der Waals surface area contributed by atoms with E-state index < -0.39 is 10.0 Å². The van der Waals surface area contributed by atoms with Gasteiger partial charge in [0.2, 0.25) is 15.9 Å². The monoisotopic (exact) mass is 422 g/mol. The number of aromatic nitrogens is 4. The number of carbonyl (C=O) groups is 1. The second-order valence-electron chi connectivity index (χ2n) is 7.45. The van der Waals surface area contributed by atoms with E-state index in [0.29, 0.717) is 38.2 Å². The number of aryl methyl sites for hydroxylation is 4. The largest absolute Gasteiger partial charge is 0.352 e. The van der Waals surface area contributed by atoms with Crippen LogP contribution in [0.15, 0.2) is 17.3 Å². The molecular weight excluding hydrogens is 392 g/mol. The Labute approximate surface area is 172 Å². The Morgan fingerprint density at radius 3 is 2.41 bits per heavy atom. The summed E-state index contributed by atoms with van der Waals surface area (Å²) in [5, 5.41) is 11.6. The molecule has 1 aliphatic rings. The lowest BCUT2D eigenvalue weighted by atomic mass is 9.99. The van der Waals surface area contributed by atoms with Crippen LogP contribution in [-0.2, 0) is 34.5 Å². The Morgan fingerprint density at radius 1 is 1.14 bits per heavy atom. The first-order valence-electron chi connectivity index (χ1n) is 10.1. The molecular formula is C19H30N6O3S. The summed E-state index contributed by atoms with van der Waals surface area (Å²) in [6.07, 6.45) is 4.84. The third kappa shape index (κ3) is 4.53. The minimum absolute atomic E-state index is 0.116. The molecule has 0 aliphatic carbocycles. The smallest absolute Gasteiger partial charge is 0.246 e. The summed E-state index contributed by atoms with van der Waals surface area (Å²) in [7, 11) is -3.67. The third-order valence-corrected chi connectivity index (χ3v) is 7.39. The number of carbonyl (C=O) groups excluding carboxylic acids is 1. The fourth-order valence-electron chi connectivity index (χ4n) is 3.65. The Morgan fingerprint density at radius 2 is 1.79 bits per heavy atom. The highest BCUT2D eigenvalue weighted by molar-refractivity contribution is 7.89. The van der Waals surface area contributed by atoms with Crippen molar-refractivity contribution in [2.24, 2.45) is 5.92 Å². The quantitative estimate of drug-likeness (QED) is 0.728. The lowest BCUT2D eigenvalue weighted by Gasteiger charge is -2.31. The van der Waals surface area contributed by atoms with E-state index in [1.807, 2.05) is 31.6 Å². The van der Waals surface area contributed by atoms with Gasteiger partial charge in [-0.3, -0.25) is 14.2 Å². The number of piperidine rings is 1. The van der Waals surface area contributed by atoms with Crippen LogP contribution in [-0.4, -0.2) is 51.3 Å². The highest BCUT2D eigenvalue weighted by atomic mass is 32.2. The molecule has 29 heavy (non-hydrogen) atoms. The van der Waals surface area contributed by atoms with Crippen LogP contribution in [0.25, 0.3) is 0 Å². The van der Waals surface area contributed by atoms with Crippen LogP contribution < -0.4 is 5.32 Å². The number of nitrogens with zero attached hydrogens (tertiary/aromatic N) is 5. The van der Waals surface area contributed by atoms with Crippen LogP contribution in [0, 0.1) is 19.8 Å². The molecule has 1 saturated heterocycles. The lowest BCUT2D eigenvalue weighted by molar-refractivity contribution is -0.126. The average molecular weight is 423 g/mol. The maximum atomic E-state index is 13.1. The zero-order valence-corrected chi connectivity index (χ0v) is 18.4. The van der Waals surface area contributed by atoms with Crippen LogP contribution in [0.3, 0.4) is 0 Å². The maximum absolute atomic E-state index is 13.1. The fourth-order valence-corrected chi connectivity index (χ4v) is 5.34. The second kappa shape index (κ2) is 8.66. The Balaban J connectivity index is 1.67. The molecule has 9 nitrogen and oxygen atoms in total. The van der Waals surface area contributed by atoms with E-state index in [1.54, 1.807) is 17.8 Å². The van der Waals surface area contributed by atoms with Crippen LogP contribution in [0.1, 0.15) is 43.6 Å². The topological polar surface area (TPSA) is 102 Å². The molecule has 0 saturated carbocycles. The van der Waals surface area contributed by atoms with E-state index >= 15 is 0 Å². The summed E-state index contributed by atoms with van der Waals surface area (Å²) >= 11 is 0. The molecule has 1 atom stereocenters. The van der Waals surface area contributed by atoms with Crippen LogP contribution in [0.4, 0.5) is 0 Å². The number of hydrogen-bond acceptors (Lipinski definition) is 5. The van der Waals surface area contributed by atoms with E-state index in [9.17, 15) is 13.2 Å². The third-order valence-electron chi connectivity index (χ3n) is 5.42. The van der Waals surface area contributed by atoms with Gasteiger partial charge in [0.15, 0.2) is 0 Å². The van der Waals surface area contributed by atoms with E-state index in [1.165, 1.54) is 4.31 Å². The van der Waals surface area contributed by atoms with Crippen molar-refractivity contribution in [3.8, 4) is 0 Å². The number of rotatable bonds is 7. The molecule has 2 aromatic heterocycles. The second-order valence-corrected chi connectivity index (χ2v) is 9.36. The Bertz CT molecular complexity index is 978. The number of nitrogens with one attached hydrogen (secondary N) is 1. The van der Waals surface area contributed by atoms with Gasteiger partial charge in [0.1, 0.15) is 4.90 Å². The minimum Gasteiger partial charge on any atom is -0.352 e. The van der Waals surface area contributed by atoms with Crippen molar-refractivity contribution in [2.45, 2.75) is 65.1 Å². The molecule has 0 spiro atoms. The Kier molecular flexibility index (Phi) is 6.42. The summed E-state index contributed by atoms with van der Waals surface area (Å²) < 4.78 is 31.1. The summed E-state index contributed by atoms with van der Waals surface area (Å²) in [6, 6.07) is 0. The highest BCUT2D eigenvalue weighted by Gasteiger charge is 2.35. The standard InChI is InChI=1S/C19H30N6O3S/c1-5-23-11-17(14(3)21-23)10-20-19(26)16-8-7-9-25(12-16)29(27,28)18-13-24(6-2)22-15(18)4/h11,13,16H,5-10,12H2,1-4H3,(H,20,26). The number of amides is 1. The van der Waals surface area contributed by atoms with Crippen molar-refractivity contribution in [2.75, 3.05) is 13.1 Å². The van der Waals surface area contributed by atoms with Gasteiger partial charge in [-0.15, -0.1) is 0 Å². The predicted octanol–water partition coefficient (Wildman–Crippen LogP) is 1.45. The van der Waals surface area contributed by atoms with Crippen molar-refractivity contribution in [3.05, 3.63) is 29.3 Å². The lowest BCUT2D eigenvalue weighted by Crippen LogP contribution is -2.45. The number of sulfonamides is 1. The SMILES string of the molecule is CCn1cc(CNC(=O)C2CCCN(S(=O)(=O)c3cn(CC)nc3C)C2)c(C)n1. The normalized spacial score (nSPS) is 18.1. The molecule has 0 bridgehead atoms. The van der Waals surface area contributed by atoms with Gasteiger partial charge in [-0.2, -0.15) is 14.5 Å². The Hall–Kier alpha value is -2.20. The predicted molar refractivity (Wildman–Crippen MR) is 109 cm³/mol. The molecule has 0 radical (unpaired) electrons. The summed E-state index contributed by atoms with van der Waals surface area (Å²) in [4.78, 5) is 12.9. The molecule has 1 fully saturated rings. The van der Waals surface area contributed by atoms with Crippen LogP contribution in [0.2, 0.25) is 0 Å². The molecule has 1 unspecified atom stereocenters. The van der Waals surface area contributed by atoms with E-state index in [2.05, 4.69) is 15.5 Å². The summed E-state index contributed by atoms with van der Waals surface area (Å²) in [5.74, 6) is -0.476. The molecule has 3 heterocycles. The molecule has 160 valence electrons. The summed E-state index contributed by atoms with van der Waals surface area (Å²) in [6.45, 7) is 9.94. The maximum Gasteiger partial charge on any atom is 0.246 e.